The van der Waals surface area contributed by atoms with E-state index in [0.717, 1.165) is 16.1 Å². The monoisotopic (exact) mass is 346 g/mol. The molecule has 1 nitrogen and oxygen atoms in total. The third-order valence-corrected chi connectivity index (χ3v) is 3.77. The number of hydrogen-bond acceptors (Lipinski definition) is 1. The number of alkyl halides is 1. The van der Waals surface area contributed by atoms with Crippen LogP contribution in [0.4, 0.5) is 8.78 Å². The summed E-state index contributed by atoms with van der Waals surface area (Å²) in [5.74, 6) is -0.625. The zero-order valence-electron chi connectivity index (χ0n) is 9.96. The van der Waals surface area contributed by atoms with E-state index in [0.29, 0.717) is 11.3 Å². The lowest BCUT2D eigenvalue weighted by molar-refractivity contribution is 0.412. The molecule has 2 aromatic rings. The average Bonchev–Trinajstić information content (AvgIpc) is 2.36. The molecular weight excluding hydrogens is 338 g/mol. The van der Waals surface area contributed by atoms with Gasteiger partial charge in [0.25, 0.3) is 0 Å². The molecular formula is C14H10BrClF2O. The van der Waals surface area contributed by atoms with E-state index in [1.54, 1.807) is 25.3 Å². The SMILES string of the molecule is COc1ccc(C(Cl)c2cc(F)cc(F)c2)cc1Br. The first kappa shape index (κ1) is 14.3. The van der Waals surface area contributed by atoms with Crippen LogP contribution in [0, 0.1) is 11.6 Å². The van der Waals surface area contributed by atoms with Crippen LogP contribution in [0.25, 0.3) is 0 Å². The summed E-state index contributed by atoms with van der Waals surface area (Å²) in [7, 11) is 1.56. The summed E-state index contributed by atoms with van der Waals surface area (Å²) in [6.45, 7) is 0. The molecule has 19 heavy (non-hydrogen) atoms. The van der Waals surface area contributed by atoms with Crippen LogP contribution in [0.5, 0.6) is 5.75 Å². The van der Waals surface area contributed by atoms with Gasteiger partial charge in [0.05, 0.1) is 17.0 Å². The van der Waals surface area contributed by atoms with Crippen molar-refractivity contribution in [3.63, 3.8) is 0 Å². The van der Waals surface area contributed by atoms with Gasteiger partial charge in [-0.1, -0.05) is 6.07 Å². The molecule has 1 unspecified atom stereocenters. The van der Waals surface area contributed by atoms with Crippen molar-refractivity contribution in [2.45, 2.75) is 5.38 Å². The van der Waals surface area contributed by atoms with Gasteiger partial charge in [-0.15, -0.1) is 11.6 Å². The van der Waals surface area contributed by atoms with Gasteiger partial charge in [0.15, 0.2) is 0 Å². The first-order chi connectivity index (χ1) is 9.01. The summed E-state index contributed by atoms with van der Waals surface area (Å²) in [6, 6.07) is 8.52. The van der Waals surface area contributed by atoms with Crippen LogP contribution in [-0.4, -0.2) is 7.11 Å². The smallest absolute Gasteiger partial charge is 0.133 e. The molecule has 0 N–H and O–H groups in total. The third kappa shape index (κ3) is 3.25. The number of hydrogen-bond donors (Lipinski definition) is 0. The minimum Gasteiger partial charge on any atom is -0.496 e. The molecule has 0 fully saturated rings. The highest BCUT2D eigenvalue weighted by Gasteiger charge is 2.14. The van der Waals surface area contributed by atoms with Crippen LogP contribution in [0.1, 0.15) is 16.5 Å². The van der Waals surface area contributed by atoms with E-state index in [2.05, 4.69) is 15.9 Å². The van der Waals surface area contributed by atoms with Crippen molar-refractivity contribution in [1.82, 2.24) is 0 Å². The molecule has 0 radical (unpaired) electrons. The molecule has 100 valence electrons. The highest BCUT2D eigenvalue weighted by Crippen LogP contribution is 2.34. The molecule has 0 spiro atoms. The third-order valence-electron chi connectivity index (χ3n) is 2.65. The van der Waals surface area contributed by atoms with Gasteiger partial charge >= 0.3 is 0 Å². The second-order valence-electron chi connectivity index (χ2n) is 3.96. The van der Waals surface area contributed by atoms with E-state index in [9.17, 15) is 8.78 Å². The number of rotatable bonds is 3. The van der Waals surface area contributed by atoms with E-state index < -0.39 is 17.0 Å². The Morgan fingerprint density at radius 1 is 1.05 bits per heavy atom. The van der Waals surface area contributed by atoms with Gasteiger partial charge in [-0.05, 0) is 51.3 Å². The summed E-state index contributed by atoms with van der Waals surface area (Å²) in [4.78, 5) is 0. The van der Waals surface area contributed by atoms with Gasteiger partial charge in [-0.2, -0.15) is 0 Å². The van der Waals surface area contributed by atoms with Crippen LogP contribution >= 0.6 is 27.5 Å². The number of methoxy groups -OCH3 is 1. The number of halogens is 4. The molecule has 0 saturated carbocycles. The maximum atomic E-state index is 13.2. The highest BCUT2D eigenvalue weighted by atomic mass is 79.9. The minimum absolute atomic E-state index is 0.372. The summed E-state index contributed by atoms with van der Waals surface area (Å²) in [6.07, 6.45) is 0. The number of ether oxygens (including phenoxy) is 1. The summed E-state index contributed by atoms with van der Waals surface area (Å²) in [5.41, 5.74) is 1.09. The summed E-state index contributed by atoms with van der Waals surface area (Å²) in [5, 5.41) is -0.632. The van der Waals surface area contributed by atoms with E-state index in [4.69, 9.17) is 16.3 Å². The first-order valence-electron chi connectivity index (χ1n) is 5.44. The van der Waals surface area contributed by atoms with Crippen molar-refractivity contribution < 1.29 is 13.5 Å². The Kier molecular flexibility index (Phi) is 4.42. The van der Waals surface area contributed by atoms with Crippen LogP contribution in [-0.2, 0) is 0 Å². The normalized spacial score (nSPS) is 12.3. The Morgan fingerprint density at radius 3 is 2.21 bits per heavy atom. The van der Waals surface area contributed by atoms with Crippen molar-refractivity contribution in [2.75, 3.05) is 7.11 Å². The zero-order chi connectivity index (χ0) is 14.0. The molecule has 0 heterocycles. The van der Waals surface area contributed by atoms with Gasteiger partial charge in [-0.25, -0.2) is 8.78 Å². The first-order valence-corrected chi connectivity index (χ1v) is 6.67. The minimum atomic E-state index is -0.645. The molecule has 2 aromatic carbocycles. The molecule has 0 aliphatic carbocycles. The maximum absolute atomic E-state index is 13.2. The second kappa shape index (κ2) is 5.88. The van der Waals surface area contributed by atoms with E-state index in [1.807, 2.05) is 0 Å². The molecule has 0 aliphatic rings. The van der Waals surface area contributed by atoms with Crippen molar-refractivity contribution in [1.29, 1.82) is 0 Å². The summed E-state index contributed by atoms with van der Waals surface area (Å²) >= 11 is 9.59. The molecule has 0 bridgehead atoms. The standard InChI is InChI=1S/C14H10BrClF2O/c1-19-13-3-2-8(6-12(13)15)14(16)9-4-10(17)7-11(18)5-9/h2-7,14H,1H3. The topological polar surface area (TPSA) is 9.23 Å². The lowest BCUT2D eigenvalue weighted by Crippen LogP contribution is -1.96. The zero-order valence-corrected chi connectivity index (χ0v) is 12.3. The van der Waals surface area contributed by atoms with E-state index in [1.165, 1.54) is 12.1 Å². The van der Waals surface area contributed by atoms with Crippen LogP contribution in [0.2, 0.25) is 0 Å². The fraction of sp³-hybridized carbons (Fsp3) is 0.143. The lowest BCUT2D eigenvalue weighted by atomic mass is 10.0. The van der Waals surface area contributed by atoms with E-state index >= 15 is 0 Å². The molecule has 2 rings (SSSR count). The molecule has 0 aliphatic heterocycles. The van der Waals surface area contributed by atoms with Crippen molar-refractivity contribution >= 4 is 27.5 Å². The summed E-state index contributed by atoms with van der Waals surface area (Å²) < 4.78 is 32.2. The largest absolute Gasteiger partial charge is 0.496 e. The van der Waals surface area contributed by atoms with Crippen molar-refractivity contribution in [3.8, 4) is 5.75 Å². The highest BCUT2D eigenvalue weighted by molar-refractivity contribution is 9.10. The molecule has 0 saturated heterocycles. The van der Waals surface area contributed by atoms with Crippen LogP contribution in [0.15, 0.2) is 40.9 Å². The quantitative estimate of drug-likeness (QED) is 0.705. The lowest BCUT2D eigenvalue weighted by Gasteiger charge is -2.12. The Bertz CT molecular complexity index is 584. The van der Waals surface area contributed by atoms with Crippen molar-refractivity contribution in [2.24, 2.45) is 0 Å². The Balaban J connectivity index is 2.38. The van der Waals surface area contributed by atoms with Crippen LogP contribution < -0.4 is 4.74 Å². The van der Waals surface area contributed by atoms with Gasteiger partial charge in [-0.3, -0.25) is 0 Å². The van der Waals surface area contributed by atoms with Crippen molar-refractivity contribution in [3.05, 3.63) is 63.6 Å². The second-order valence-corrected chi connectivity index (χ2v) is 5.25. The average molecular weight is 348 g/mol. The molecule has 1 atom stereocenters. The van der Waals surface area contributed by atoms with Gasteiger partial charge in [0.2, 0.25) is 0 Å². The Morgan fingerprint density at radius 2 is 1.68 bits per heavy atom. The van der Waals surface area contributed by atoms with E-state index in [-0.39, 0.29) is 0 Å². The van der Waals surface area contributed by atoms with Gasteiger partial charge in [0, 0.05) is 6.07 Å². The Labute approximate surface area is 123 Å². The van der Waals surface area contributed by atoms with Gasteiger partial charge < -0.3 is 4.74 Å². The number of benzene rings is 2. The molecule has 0 aromatic heterocycles. The molecule has 5 heteroatoms. The fourth-order valence-corrected chi connectivity index (χ4v) is 2.57. The van der Waals surface area contributed by atoms with Crippen LogP contribution in [0.3, 0.4) is 0 Å². The molecule has 0 amide bonds. The van der Waals surface area contributed by atoms with Gasteiger partial charge in [0.1, 0.15) is 17.4 Å². The fourth-order valence-electron chi connectivity index (χ4n) is 1.75. The predicted molar refractivity (Wildman–Crippen MR) is 74.7 cm³/mol. The maximum Gasteiger partial charge on any atom is 0.133 e. The predicted octanol–water partition coefficient (Wildman–Crippen LogP) is 5.06. The Hall–Kier alpha value is -1.13.